The summed E-state index contributed by atoms with van der Waals surface area (Å²) in [5.74, 6) is 0.813. The van der Waals surface area contributed by atoms with Crippen molar-refractivity contribution in [1.29, 1.82) is 0 Å². The van der Waals surface area contributed by atoms with Crippen molar-refractivity contribution in [3.63, 3.8) is 0 Å². The maximum atomic E-state index is 12.2. The largest absolute Gasteiger partial charge is 0.339 e. The molecule has 0 bridgehead atoms. The monoisotopic (exact) mass is 397 g/mol. The third kappa shape index (κ3) is 4.46. The Labute approximate surface area is 154 Å². The third-order valence-corrected chi connectivity index (χ3v) is 6.89. The highest BCUT2D eigenvalue weighted by atomic mass is 35.5. The Balaban J connectivity index is 1.60. The Morgan fingerprint density at radius 3 is 2.64 bits per heavy atom. The van der Waals surface area contributed by atoms with Crippen LogP contribution in [0.1, 0.15) is 17.7 Å². The van der Waals surface area contributed by atoms with Crippen molar-refractivity contribution in [2.45, 2.75) is 24.0 Å². The van der Waals surface area contributed by atoms with Crippen LogP contribution in [0.15, 0.2) is 45.1 Å². The fraction of sp³-hybridized carbons (Fsp3) is 0.250. The van der Waals surface area contributed by atoms with Crippen LogP contribution in [-0.4, -0.2) is 25.1 Å². The van der Waals surface area contributed by atoms with Crippen molar-refractivity contribution in [2.24, 2.45) is 0 Å². The number of nitrogens with one attached hydrogen (secondary N) is 1. The van der Waals surface area contributed by atoms with Gasteiger partial charge in [-0.3, -0.25) is 0 Å². The van der Waals surface area contributed by atoms with Crippen LogP contribution in [0.5, 0.6) is 0 Å². The number of aromatic nitrogens is 2. The molecule has 2 aromatic heterocycles. The van der Waals surface area contributed by atoms with Gasteiger partial charge in [-0.1, -0.05) is 23.7 Å². The second-order valence-corrected chi connectivity index (χ2v) is 8.84. The van der Waals surface area contributed by atoms with Crippen molar-refractivity contribution < 1.29 is 12.9 Å². The van der Waals surface area contributed by atoms with Gasteiger partial charge in [0.05, 0.1) is 0 Å². The van der Waals surface area contributed by atoms with E-state index in [1.54, 1.807) is 30.3 Å². The molecule has 0 amide bonds. The number of hydrogen-bond acceptors (Lipinski definition) is 6. The molecule has 0 radical (unpaired) electrons. The highest BCUT2D eigenvalue weighted by Gasteiger charge is 2.17. The van der Waals surface area contributed by atoms with E-state index in [4.69, 9.17) is 16.1 Å². The van der Waals surface area contributed by atoms with Crippen LogP contribution in [0, 0.1) is 0 Å². The second kappa shape index (κ2) is 7.65. The average Bonchev–Trinajstić information content (AvgIpc) is 3.25. The Morgan fingerprint density at radius 2 is 1.96 bits per heavy atom. The number of benzene rings is 1. The topological polar surface area (TPSA) is 85.1 Å². The van der Waals surface area contributed by atoms with Gasteiger partial charge in [-0.25, -0.2) is 13.1 Å². The molecule has 1 aromatic carbocycles. The molecule has 0 aliphatic heterocycles. The molecule has 0 aliphatic rings. The van der Waals surface area contributed by atoms with Crippen LogP contribution in [0.3, 0.4) is 0 Å². The van der Waals surface area contributed by atoms with Crippen LogP contribution in [-0.2, 0) is 22.9 Å². The Morgan fingerprint density at radius 1 is 1.20 bits per heavy atom. The molecule has 2 heterocycles. The molecule has 25 heavy (non-hydrogen) atoms. The van der Waals surface area contributed by atoms with Gasteiger partial charge < -0.3 is 4.52 Å². The van der Waals surface area contributed by atoms with Crippen LogP contribution < -0.4 is 4.72 Å². The summed E-state index contributed by atoms with van der Waals surface area (Å²) in [6, 6.07) is 10.5. The van der Waals surface area contributed by atoms with E-state index < -0.39 is 10.0 Å². The molecule has 0 atom stereocenters. The lowest BCUT2D eigenvalue weighted by molar-refractivity contribution is 0.379. The molecule has 132 valence electrons. The van der Waals surface area contributed by atoms with Crippen molar-refractivity contribution >= 4 is 33.0 Å². The minimum Gasteiger partial charge on any atom is -0.339 e. The summed E-state index contributed by atoms with van der Waals surface area (Å²) in [5.41, 5.74) is 0.783. The van der Waals surface area contributed by atoms with E-state index in [9.17, 15) is 8.42 Å². The van der Waals surface area contributed by atoms with Gasteiger partial charge in [0, 0.05) is 28.4 Å². The summed E-state index contributed by atoms with van der Waals surface area (Å²) in [6.07, 6.45) is 1.13. The lowest BCUT2D eigenvalue weighted by atomic mass is 10.2. The lowest BCUT2D eigenvalue weighted by Gasteiger charge is -2.02. The van der Waals surface area contributed by atoms with Gasteiger partial charge in [0.15, 0.2) is 0 Å². The summed E-state index contributed by atoms with van der Waals surface area (Å²) in [6.45, 7) is 2.17. The van der Waals surface area contributed by atoms with Crippen molar-refractivity contribution in [3.8, 4) is 11.4 Å². The van der Waals surface area contributed by atoms with Gasteiger partial charge in [0.2, 0.25) is 21.7 Å². The standard InChI is InChI=1S/C16H16ClN3O3S2/c1-2-13-7-8-15(24-13)25(21,22)18-10-9-14-19-16(20-23-14)11-3-5-12(17)6-4-11/h3-8,18H,2,9-10H2,1H3. The number of halogens is 1. The molecule has 9 heteroatoms. The minimum absolute atomic E-state index is 0.184. The predicted octanol–water partition coefficient (Wildman–Crippen LogP) is 3.53. The molecule has 3 aromatic rings. The lowest BCUT2D eigenvalue weighted by Crippen LogP contribution is -2.25. The number of rotatable bonds is 7. The smallest absolute Gasteiger partial charge is 0.250 e. The van der Waals surface area contributed by atoms with Crippen molar-refractivity contribution in [3.05, 3.63) is 52.2 Å². The van der Waals surface area contributed by atoms with E-state index in [1.807, 2.05) is 13.0 Å². The first-order chi connectivity index (χ1) is 12.0. The minimum atomic E-state index is -3.51. The summed E-state index contributed by atoms with van der Waals surface area (Å²) >= 11 is 7.12. The van der Waals surface area contributed by atoms with Gasteiger partial charge in [0.1, 0.15) is 4.21 Å². The van der Waals surface area contributed by atoms with Crippen molar-refractivity contribution in [2.75, 3.05) is 6.54 Å². The molecular weight excluding hydrogens is 382 g/mol. The maximum Gasteiger partial charge on any atom is 0.250 e. The zero-order valence-corrected chi connectivity index (χ0v) is 15.8. The fourth-order valence-corrected chi connectivity index (χ4v) is 4.63. The average molecular weight is 398 g/mol. The van der Waals surface area contributed by atoms with E-state index in [1.165, 1.54) is 11.3 Å². The fourth-order valence-electron chi connectivity index (χ4n) is 2.13. The predicted molar refractivity (Wildman–Crippen MR) is 97.3 cm³/mol. The third-order valence-electron chi connectivity index (χ3n) is 3.45. The number of thiophene rings is 1. The van der Waals surface area contributed by atoms with E-state index in [-0.39, 0.29) is 6.54 Å². The molecule has 3 rings (SSSR count). The SMILES string of the molecule is CCc1ccc(S(=O)(=O)NCCc2nc(-c3ccc(Cl)cc3)no2)s1. The Bertz CT molecular complexity index is 949. The number of hydrogen-bond donors (Lipinski definition) is 1. The molecular formula is C16H16ClN3O3S2. The van der Waals surface area contributed by atoms with Crippen LogP contribution in [0.2, 0.25) is 5.02 Å². The number of aryl methyl sites for hydroxylation is 1. The first kappa shape index (κ1) is 18.1. The first-order valence-electron chi connectivity index (χ1n) is 7.65. The Kier molecular flexibility index (Phi) is 5.53. The van der Waals surface area contributed by atoms with Gasteiger partial charge in [-0.2, -0.15) is 4.98 Å². The molecule has 0 unspecified atom stereocenters. The zero-order chi connectivity index (χ0) is 17.9. The summed E-state index contributed by atoms with van der Waals surface area (Å²) in [7, 11) is -3.51. The summed E-state index contributed by atoms with van der Waals surface area (Å²) < 4.78 is 32.5. The summed E-state index contributed by atoms with van der Waals surface area (Å²) in [4.78, 5) is 5.30. The van der Waals surface area contributed by atoms with E-state index in [0.717, 1.165) is 16.9 Å². The van der Waals surface area contributed by atoms with Gasteiger partial charge in [-0.15, -0.1) is 11.3 Å². The van der Waals surface area contributed by atoms with Crippen LogP contribution in [0.25, 0.3) is 11.4 Å². The van der Waals surface area contributed by atoms with Crippen LogP contribution >= 0.6 is 22.9 Å². The highest BCUT2D eigenvalue weighted by Crippen LogP contribution is 2.22. The van der Waals surface area contributed by atoms with E-state index in [0.29, 0.717) is 27.4 Å². The molecule has 6 nitrogen and oxygen atoms in total. The number of sulfonamides is 1. The van der Waals surface area contributed by atoms with E-state index >= 15 is 0 Å². The van der Waals surface area contributed by atoms with Crippen molar-refractivity contribution in [1.82, 2.24) is 14.9 Å². The van der Waals surface area contributed by atoms with Gasteiger partial charge in [-0.05, 0) is 42.8 Å². The molecule has 0 saturated heterocycles. The molecule has 0 aliphatic carbocycles. The van der Waals surface area contributed by atoms with Gasteiger partial charge in [0.25, 0.3) is 0 Å². The Hall–Kier alpha value is -1.74. The maximum absolute atomic E-state index is 12.2. The summed E-state index contributed by atoms with van der Waals surface area (Å²) in [5, 5.41) is 4.53. The van der Waals surface area contributed by atoms with Crippen LogP contribution in [0.4, 0.5) is 0 Å². The number of nitrogens with zero attached hydrogens (tertiary/aromatic N) is 2. The quantitative estimate of drug-likeness (QED) is 0.659. The molecule has 0 fully saturated rings. The zero-order valence-electron chi connectivity index (χ0n) is 13.4. The molecule has 0 saturated carbocycles. The van der Waals surface area contributed by atoms with E-state index in [2.05, 4.69) is 14.9 Å². The second-order valence-electron chi connectivity index (χ2n) is 5.24. The first-order valence-corrected chi connectivity index (χ1v) is 10.3. The van der Waals surface area contributed by atoms with Gasteiger partial charge >= 0.3 is 0 Å². The molecule has 1 N–H and O–H groups in total. The normalized spacial score (nSPS) is 11.8. The highest BCUT2D eigenvalue weighted by molar-refractivity contribution is 7.91. The molecule has 0 spiro atoms.